The highest BCUT2D eigenvalue weighted by molar-refractivity contribution is 7.99. The van der Waals surface area contributed by atoms with Crippen LogP contribution in [0.2, 0.25) is 0 Å². The van der Waals surface area contributed by atoms with Crippen LogP contribution >= 0.6 is 11.8 Å². The highest BCUT2D eigenvalue weighted by Gasteiger charge is 2.46. The van der Waals surface area contributed by atoms with Crippen molar-refractivity contribution in [1.82, 2.24) is 10.6 Å². The van der Waals surface area contributed by atoms with Crippen LogP contribution in [0.4, 0.5) is 0 Å². The van der Waals surface area contributed by atoms with Crippen LogP contribution in [0.25, 0.3) is 0 Å². The van der Waals surface area contributed by atoms with E-state index < -0.39 is 5.54 Å². The van der Waals surface area contributed by atoms with E-state index in [4.69, 9.17) is 0 Å². The van der Waals surface area contributed by atoms with E-state index in [-0.39, 0.29) is 5.91 Å². The summed E-state index contributed by atoms with van der Waals surface area (Å²) in [7, 11) is 0. The van der Waals surface area contributed by atoms with Gasteiger partial charge < -0.3 is 5.32 Å². The van der Waals surface area contributed by atoms with Crippen LogP contribution in [0.5, 0.6) is 0 Å². The summed E-state index contributed by atoms with van der Waals surface area (Å²) in [6, 6.07) is 8.17. The normalized spacial score (nSPS) is 28.9. The van der Waals surface area contributed by atoms with Gasteiger partial charge in [-0.05, 0) is 18.1 Å². The summed E-state index contributed by atoms with van der Waals surface area (Å²) < 4.78 is 0. The predicted octanol–water partition coefficient (Wildman–Crippen LogP) is 1.05. The second kappa shape index (κ2) is 3.25. The number of rotatable bonds is 0. The molecule has 78 valence electrons. The number of benzene rings is 1. The van der Waals surface area contributed by atoms with Crippen molar-refractivity contribution >= 4 is 17.7 Å². The smallest absolute Gasteiger partial charge is 0.246 e. The molecule has 1 fully saturated rings. The number of hydrogen-bond acceptors (Lipinski definition) is 3. The Labute approximate surface area is 92.6 Å². The van der Waals surface area contributed by atoms with E-state index in [1.807, 2.05) is 23.9 Å². The standard InChI is InChI=1S/C11H12N2OS/c14-10-11(13-7-12-10)5-6-15-9-4-2-1-3-8(9)11/h1-4,13H,5-7H2,(H,12,14). The van der Waals surface area contributed by atoms with Gasteiger partial charge in [0, 0.05) is 10.6 Å². The van der Waals surface area contributed by atoms with Crippen LogP contribution in [0.1, 0.15) is 12.0 Å². The topological polar surface area (TPSA) is 41.1 Å². The maximum Gasteiger partial charge on any atom is 0.246 e. The second-order valence-electron chi connectivity index (χ2n) is 3.86. The first-order valence-corrected chi connectivity index (χ1v) is 6.07. The first kappa shape index (κ1) is 9.24. The van der Waals surface area contributed by atoms with Gasteiger partial charge in [-0.2, -0.15) is 0 Å². The highest BCUT2D eigenvalue weighted by atomic mass is 32.2. The van der Waals surface area contributed by atoms with Gasteiger partial charge >= 0.3 is 0 Å². The maximum absolute atomic E-state index is 11.9. The molecule has 1 saturated heterocycles. The zero-order valence-electron chi connectivity index (χ0n) is 8.25. The molecule has 3 nitrogen and oxygen atoms in total. The molecule has 2 N–H and O–H groups in total. The van der Waals surface area contributed by atoms with Crippen LogP contribution in [0.3, 0.4) is 0 Å². The summed E-state index contributed by atoms with van der Waals surface area (Å²) in [4.78, 5) is 13.2. The number of nitrogens with one attached hydrogen (secondary N) is 2. The Hall–Kier alpha value is -1.00. The Kier molecular flexibility index (Phi) is 2.00. The van der Waals surface area contributed by atoms with Gasteiger partial charge in [0.25, 0.3) is 0 Å². The fraction of sp³-hybridized carbons (Fsp3) is 0.364. The summed E-state index contributed by atoms with van der Waals surface area (Å²) in [6.07, 6.45) is 0.876. The Bertz CT molecular complexity index is 421. The molecular weight excluding hydrogens is 208 g/mol. The van der Waals surface area contributed by atoms with Crippen LogP contribution in [0.15, 0.2) is 29.2 Å². The van der Waals surface area contributed by atoms with Gasteiger partial charge in [0.05, 0.1) is 6.67 Å². The van der Waals surface area contributed by atoms with Crippen LogP contribution in [-0.4, -0.2) is 18.3 Å². The van der Waals surface area contributed by atoms with Crippen molar-refractivity contribution in [3.63, 3.8) is 0 Å². The molecule has 1 aromatic carbocycles. The van der Waals surface area contributed by atoms with Gasteiger partial charge in [-0.3, -0.25) is 10.1 Å². The molecule has 1 aromatic rings. The molecule has 1 amide bonds. The molecular formula is C11H12N2OS. The lowest BCUT2D eigenvalue weighted by atomic mass is 9.87. The third-order valence-corrected chi connectivity index (χ3v) is 4.18. The van der Waals surface area contributed by atoms with Gasteiger partial charge in [-0.25, -0.2) is 0 Å². The SMILES string of the molecule is O=C1NCNC12CCSc1ccccc12. The lowest BCUT2D eigenvalue weighted by molar-refractivity contribution is -0.124. The fourth-order valence-electron chi connectivity index (χ4n) is 2.32. The third-order valence-electron chi connectivity index (χ3n) is 3.11. The Balaban J connectivity index is 2.16. The summed E-state index contributed by atoms with van der Waals surface area (Å²) in [5.74, 6) is 1.12. The summed E-state index contributed by atoms with van der Waals surface area (Å²) >= 11 is 1.83. The minimum absolute atomic E-state index is 0.121. The van der Waals surface area contributed by atoms with Crippen molar-refractivity contribution in [3.05, 3.63) is 29.8 Å². The first-order valence-electron chi connectivity index (χ1n) is 5.08. The van der Waals surface area contributed by atoms with Crippen LogP contribution < -0.4 is 10.6 Å². The Morgan fingerprint density at radius 2 is 2.20 bits per heavy atom. The van der Waals surface area contributed by atoms with Crippen molar-refractivity contribution in [1.29, 1.82) is 0 Å². The average Bonchev–Trinajstić information content (AvgIpc) is 2.62. The van der Waals surface area contributed by atoms with E-state index in [0.29, 0.717) is 6.67 Å². The lowest BCUT2D eigenvalue weighted by Crippen LogP contribution is -2.45. The molecule has 15 heavy (non-hydrogen) atoms. The van der Waals surface area contributed by atoms with E-state index in [2.05, 4.69) is 22.8 Å². The highest BCUT2D eigenvalue weighted by Crippen LogP contribution is 2.41. The molecule has 1 unspecified atom stereocenters. The van der Waals surface area contributed by atoms with E-state index >= 15 is 0 Å². The second-order valence-corrected chi connectivity index (χ2v) is 5.00. The number of carbonyl (C=O) groups is 1. The van der Waals surface area contributed by atoms with E-state index in [9.17, 15) is 4.79 Å². The number of carbonyl (C=O) groups excluding carboxylic acids is 1. The quantitative estimate of drug-likeness (QED) is 0.687. The van der Waals surface area contributed by atoms with E-state index in [1.165, 1.54) is 4.90 Å². The molecule has 0 saturated carbocycles. The number of fused-ring (bicyclic) bond motifs is 2. The maximum atomic E-state index is 11.9. The molecule has 0 aromatic heterocycles. The minimum Gasteiger partial charge on any atom is -0.342 e. The molecule has 4 heteroatoms. The fourth-order valence-corrected chi connectivity index (χ4v) is 3.52. The molecule has 3 rings (SSSR count). The third kappa shape index (κ3) is 1.21. The molecule has 0 aliphatic carbocycles. The average molecular weight is 220 g/mol. The van der Waals surface area contributed by atoms with E-state index in [0.717, 1.165) is 17.7 Å². The number of thioether (sulfide) groups is 1. The minimum atomic E-state index is -0.457. The molecule has 0 radical (unpaired) electrons. The van der Waals surface area contributed by atoms with Crippen LogP contribution in [-0.2, 0) is 10.3 Å². The largest absolute Gasteiger partial charge is 0.342 e. The van der Waals surface area contributed by atoms with Crippen LogP contribution in [0, 0.1) is 0 Å². The van der Waals surface area contributed by atoms with E-state index in [1.54, 1.807) is 0 Å². The summed E-state index contributed by atoms with van der Waals surface area (Å²) in [6.45, 7) is 0.581. The van der Waals surface area contributed by atoms with Crippen molar-refractivity contribution < 1.29 is 4.79 Å². The lowest BCUT2D eigenvalue weighted by Gasteiger charge is -2.32. The molecule has 2 aliphatic rings. The number of hydrogen-bond donors (Lipinski definition) is 2. The zero-order chi connectivity index (χ0) is 10.3. The Morgan fingerprint density at radius 1 is 1.33 bits per heavy atom. The first-order chi connectivity index (χ1) is 7.33. The molecule has 1 atom stereocenters. The molecule has 2 aliphatic heterocycles. The van der Waals surface area contributed by atoms with Crippen molar-refractivity contribution in [2.45, 2.75) is 16.9 Å². The molecule has 2 heterocycles. The molecule has 1 spiro atoms. The monoisotopic (exact) mass is 220 g/mol. The number of amides is 1. The van der Waals surface area contributed by atoms with Gasteiger partial charge in [0.1, 0.15) is 5.54 Å². The summed E-state index contributed by atoms with van der Waals surface area (Å²) in [5, 5.41) is 6.17. The predicted molar refractivity (Wildman–Crippen MR) is 59.6 cm³/mol. The van der Waals surface area contributed by atoms with Crippen molar-refractivity contribution in [3.8, 4) is 0 Å². The van der Waals surface area contributed by atoms with Crippen molar-refractivity contribution in [2.75, 3.05) is 12.4 Å². The zero-order valence-corrected chi connectivity index (χ0v) is 9.06. The van der Waals surface area contributed by atoms with Gasteiger partial charge in [0.15, 0.2) is 0 Å². The van der Waals surface area contributed by atoms with Crippen molar-refractivity contribution in [2.24, 2.45) is 0 Å². The molecule has 0 bridgehead atoms. The van der Waals surface area contributed by atoms with Gasteiger partial charge in [-0.1, -0.05) is 18.2 Å². The Morgan fingerprint density at radius 3 is 3.00 bits per heavy atom. The van der Waals surface area contributed by atoms with Gasteiger partial charge in [0.2, 0.25) is 5.91 Å². The van der Waals surface area contributed by atoms with Gasteiger partial charge in [-0.15, -0.1) is 11.8 Å². The summed E-state index contributed by atoms with van der Waals surface area (Å²) in [5.41, 5.74) is 0.679.